The summed E-state index contributed by atoms with van der Waals surface area (Å²) in [6.07, 6.45) is -0.262. The van der Waals surface area contributed by atoms with E-state index in [2.05, 4.69) is 29.4 Å². The van der Waals surface area contributed by atoms with Crippen molar-refractivity contribution >= 4 is 23.4 Å². The number of carbonyl (C=O) groups is 1. The minimum atomic E-state index is -0.262. The van der Waals surface area contributed by atoms with Gasteiger partial charge in [-0.25, -0.2) is 0 Å². The number of benzene rings is 2. The molecule has 0 bridgehead atoms. The number of nitrogens with one attached hydrogen (secondary N) is 1. The maximum atomic E-state index is 12.4. The standard InChI is InChI=1S/C23H28N4O2S/c1-14-10-11-19(12-17(14)4)29-18(5)22-25-26-23(27(22)6)30-13-20(28)24-21-15(2)8-7-9-16(21)3/h7-12,18H,13H2,1-6H3,(H,24,28). The summed E-state index contributed by atoms with van der Waals surface area (Å²) in [5, 5.41) is 12.2. The lowest BCUT2D eigenvalue weighted by atomic mass is 10.1. The summed E-state index contributed by atoms with van der Waals surface area (Å²) in [4.78, 5) is 12.4. The molecular formula is C23H28N4O2S. The van der Waals surface area contributed by atoms with Gasteiger partial charge < -0.3 is 14.6 Å². The summed E-state index contributed by atoms with van der Waals surface area (Å²) in [7, 11) is 1.89. The second-order valence-electron chi connectivity index (χ2n) is 7.51. The van der Waals surface area contributed by atoms with Gasteiger partial charge >= 0.3 is 0 Å². The number of hydrogen-bond donors (Lipinski definition) is 1. The van der Waals surface area contributed by atoms with Crippen LogP contribution in [0.25, 0.3) is 0 Å². The molecule has 1 amide bonds. The minimum absolute atomic E-state index is 0.0682. The molecule has 3 aromatic rings. The normalized spacial score (nSPS) is 11.9. The van der Waals surface area contributed by atoms with Crippen LogP contribution in [0.15, 0.2) is 41.6 Å². The van der Waals surface area contributed by atoms with Crippen LogP contribution in [0, 0.1) is 27.7 Å². The monoisotopic (exact) mass is 424 g/mol. The van der Waals surface area contributed by atoms with Crippen molar-refractivity contribution < 1.29 is 9.53 Å². The van der Waals surface area contributed by atoms with E-state index < -0.39 is 0 Å². The third-order valence-electron chi connectivity index (χ3n) is 5.10. The number of para-hydroxylation sites is 1. The first-order valence-electron chi connectivity index (χ1n) is 9.88. The average molecular weight is 425 g/mol. The largest absolute Gasteiger partial charge is 0.483 e. The van der Waals surface area contributed by atoms with Crippen LogP contribution in [0.1, 0.15) is 41.1 Å². The van der Waals surface area contributed by atoms with Gasteiger partial charge in [-0.15, -0.1) is 10.2 Å². The zero-order valence-corrected chi connectivity index (χ0v) is 19.1. The number of nitrogens with zero attached hydrogens (tertiary/aromatic N) is 3. The van der Waals surface area contributed by atoms with E-state index in [1.54, 1.807) is 0 Å². The second-order valence-corrected chi connectivity index (χ2v) is 8.45. The van der Waals surface area contributed by atoms with E-state index in [1.165, 1.54) is 22.9 Å². The number of carbonyl (C=O) groups excluding carboxylic acids is 1. The van der Waals surface area contributed by atoms with Crippen LogP contribution in [-0.2, 0) is 11.8 Å². The fourth-order valence-electron chi connectivity index (χ4n) is 3.17. The molecule has 0 aliphatic carbocycles. The molecular weight excluding hydrogens is 396 g/mol. The van der Waals surface area contributed by atoms with Crippen LogP contribution in [-0.4, -0.2) is 26.4 Å². The predicted octanol–water partition coefficient (Wildman–Crippen LogP) is 4.92. The van der Waals surface area contributed by atoms with Gasteiger partial charge in [-0.05, 0) is 69.0 Å². The summed E-state index contributed by atoms with van der Waals surface area (Å²) in [6.45, 7) is 10.1. The molecule has 0 saturated carbocycles. The molecule has 1 N–H and O–H groups in total. The number of rotatable bonds is 7. The first-order chi connectivity index (χ1) is 14.3. The molecule has 1 aromatic heterocycles. The Bertz CT molecular complexity index is 1040. The molecule has 0 aliphatic rings. The van der Waals surface area contributed by atoms with Crippen molar-refractivity contribution in [3.8, 4) is 5.75 Å². The molecule has 0 radical (unpaired) electrons. The van der Waals surface area contributed by atoms with Crippen molar-refractivity contribution in [2.24, 2.45) is 7.05 Å². The van der Waals surface area contributed by atoms with Gasteiger partial charge in [0.05, 0.1) is 5.75 Å². The van der Waals surface area contributed by atoms with E-state index in [4.69, 9.17) is 4.74 Å². The Morgan fingerprint density at radius 2 is 1.77 bits per heavy atom. The highest BCUT2D eigenvalue weighted by Gasteiger charge is 2.18. The van der Waals surface area contributed by atoms with Gasteiger partial charge in [0, 0.05) is 12.7 Å². The summed E-state index contributed by atoms with van der Waals surface area (Å²) >= 11 is 1.36. The number of aryl methyl sites for hydroxylation is 4. The summed E-state index contributed by atoms with van der Waals surface area (Å²) < 4.78 is 7.93. The summed E-state index contributed by atoms with van der Waals surface area (Å²) in [6, 6.07) is 12.0. The van der Waals surface area contributed by atoms with Crippen molar-refractivity contribution in [3.05, 3.63) is 64.5 Å². The molecule has 158 valence electrons. The molecule has 3 rings (SSSR count). The topological polar surface area (TPSA) is 69.0 Å². The SMILES string of the molecule is Cc1ccc(OC(C)c2nnc(SCC(=O)Nc3c(C)cccc3C)n2C)cc1C. The van der Waals surface area contributed by atoms with Gasteiger partial charge in [0.2, 0.25) is 5.91 Å². The molecule has 1 heterocycles. The van der Waals surface area contributed by atoms with Crippen molar-refractivity contribution in [1.29, 1.82) is 0 Å². The number of thioether (sulfide) groups is 1. The van der Waals surface area contributed by atoms with Crippen LogP contribution in [0.4, 0.5) is 5.69 Å². The Balaban J connectivity index is 1.62. The van der Waals surface area contributed by atoms with E-state index in [0.717, 1.165) is 22.6 Å². The number of amides is 1. The van der Waals surface area contributed by atoms with E-state index in [0.29, 0.717) is 11.0 Å². The molecule has 30 heavy (non-hydrogen) atoms. The number of ether oxygens (including phenoxy) is 1. The first-order valence-corrected chi connectivity index (χ1v) is 10.9. The Kier molecular flexibility index (Phi) is 6.82. The summed E-state index contributed by atoms with van der Waals surface area (Å²) in [5.41, 5.74) is 5.38. The van der Waals surface area contributed by atoms with Crippen LogP contribution in [0.3, 0.4) is 0 Å². The maximum absolute atomic E-state index is 12.4. The number of aromatic nitrogens is 3. The Morgan fingerprint density at radius 1 is 1.07 bits per heavy atom. The lowest BCUT2D eigenvalue weighted by Crippen LogP contribution is -2.16. The maximum Gasteiger partial charge on any atom is 0.234 e. The molecule has 0 spiro atoms. The van der Waals surface area contributed by atoms with Gasteiger partial charge in [0.15, 0.2) is 17.1 Å². The van der Waals surface area contributed by atoms with Crippen molar-refractivity contribution in [2.75, 3.05) is 11.1 Å². The minimum Gasteiger partial charge on any atom is -0.483 e. The van der Waals surface area contributed by atoms with Crippen LogP contribution >= 0.6 is 11.8 Å². The van der Waals surface area contributed by atoms with E-state index in [-0.39, 0.29) is 17.8 Å². The van der Waals surface area contributed by atoms with Gasteiger partial charge in [0.25, 0.3) is 0 Å². The zero-order valence-electron chi connectivity index (χ0n) is 18.3. The second kappa shape index (κ2) is 9.34. The molecule has 0 saturated heterocycles. The molecule has 1 unspecified atom stereocenters. The Labute approximate surface area is 182 Å². The number of hydrogen-bond acceptors (Lipinski definition) is 5. The number of anilines is 1. The molecule has 0 aliphatic heterocycles. The lowest BCUT2D eigenvalue weighted by molar-refractivity contribution is -0.113. The van der Waals surface area contributed by atoms with Gasteiger partial charge in [-0.2, -0.15) is 0 Å². The van der Waals surface area contributed by atoms with Crippen molar-refractivity contribution in [3.63, 3.8) is 0 Å². The smallest absolute Gasteiger partial charge is 0.234 e. The van der Waals surface area contributed by atoms with Gasteiger partial charge in [0.1, 0.15) is 5.75 Å². The van der Waals surface area contributed by atoms with Crippen LogP contribution < -0.4 is 10.1 Å². The highest BCUT2D eigenvalue weighted by Crippen LogP contribution is 2.25. The highest BCUT2D eigenvalue weighted by atomic mass is 32.2. The summed E-state index contributed by atoms with van der Waals surface area (Å²) in [5.74, 6) is 1.70. The third kappa shape index (κ3) is 5.02. The molecule has 0 fully saturated rings. The van der Waals surface area contributed by atoms with E-state index >= 15 is 0 Å². The first kappa shape index (κ1) is 21.9. The lowest BCUT2D eigenvalue weighted by Gasteiger charge is -2.15. The molecule has 7 heteroatoms. The average Bonchev–Trinajstić information content (AvgIpc) is 3.06. The fourth-order valence-corrected chi connectivity index (χ4v) is 3.89. The highest BCUT2D eigenvalue weighted by molar-refractivity contribution is 7.99. The van der Waals surface area contributed by atoms with E-state index in [9.17, 15) is 4.79 Å². The zero-order chi connectivity index (χ0) is 21.8. The Hall–Kier alpha value is -2.80. The van der Waals surface area contributed by atoms with Crippen molar-refractivity contribution in [2.45, 2.75) is 45.9 Å². The van der Waals surface area contributed by atoms with Crippen LogP contribution in [0.5, 0.6) is 5.75 Å². The van der Waals surface area contributed by atoms with Crippen molar-refractivity contribution in [1.82, 2.24) is 14.8 Å². The quantitative estimate of drug-likeness (QED) is 0.545. The third-order valence-corrected chi connectivity index (χ3v) is 6.12. The molecule has 1 atom stereocenters. The predicted molar refractivity (Wildman–Crippen MR) is 121 cm³/mol. The molecule has 2 aromatic carbocycles. The van der Waals surface area contributed by atoms with Gasteiger partial charge in [-0.1, -0.05) is 36.0 Å². The fraction of sp³-hybridized carbons (Fsp3) is 0.348. The van der Waals surface area contributed by atoms with E-state index in [1.807, 2.05) is 68.8 Å². The van der Waals surface area contributed by atoms with Gasteiger partial charge in [-0.3, -0.25) is 4.79 Å². The Morgan fingerprint density at radius 3 is 2.43 bits per heavy atom. The van der Waals surface area contributed by atoms with Crippen LogP contribution in [0.2, 0.25) is 0 Å². The molecule has 6 nitrogen and oxygen atoms in total.